The van der Waals surface area contributed by atoms with Gasteiger partial charge >= 0.3 is 0 Å². The molecule has 3 heteroatoms. The fourth-order valence-electron chi connectivity index (χ4n) is 3.11. The molecule has 0 radical (unpaired) electrons. The van der Waals surface area contributed by atoms with E-state index in [4.69, 9.17) is 5.73 Å². The second-order valence-corrected chi connectivity index (χ2v) is 5.61. The Morgan fingerprint density at radius 2 is 2.05 bits per heavy atom. The molecule has 0 bridgehead atoms. The van der Waals surface area contributed by atoms with Crippen LogP contribution >= 0.6 is 0 Å². The highest BCUT2D eigenvalue weighted by molar-refractivity contribution is 5.83. The van der Waals surface area contributed by atoms with Crippen LogP contribution in [0.1, 0.15) is 44.7 Å². The van der Waals surface area contributed by atoms with Crippen molar-refractivity contribution < 1.29 is 4.79 Å². The Morgan fingerprint density at radius 3 is 2.63 bits per heavy atom. The number of carbonyl (C=O) groups is 1. The van der Waals surface area contributed by atoms with E-state index >= 15 is 0 Å². The standard InChI is InChI=1S/C16H24N2O/c1-3-12-9-10-14(11(12)2)18-16(19)15(17)13-7-5-4-6-8-13/h4-8,11-12,14-15H,3,9-10,17H2,1-2H3,(H,18,19). The van der Waals surface area contributed by atoms with Gasteiger partial charge in [-0.15, -0.1) is 0 Å². The van der Waals surface area contributed by atoms with E-state index in [0.717, 1.165) is 17.9 Å². The van der Waals surface area contributed by atoms with Gasteiger partial charge < -0.3 is 11.1 Å². The third kappa shape index (κ3) is 3.16. The highest BCUT2D eigenvalue weighted by Gasteiger charge is 2.33. The van der Waals surface area contributed by atoms with Gasteiger partial charge in [-0.2, -0.15) is 0 Å². The summed E-state index contributed by atoms with van der Waals surface area (Å²) >= 11 is 0. The third-order valence-corrected chi connectivity index (χ3v) is 4.52. The summed E-state index contributed by atoms with van der Waals surface area (Å²) in [5.41, 5.74) is 6.89. The minimum absolute atomic E-state index is 0.0557. The van der Waals surface area contributed by atoms with Crippen molar-refractivity contribution in [2.75, 3.05) is 0 Å². The normalized spacial score (nSPS) is 28.1. The average Bonchev–Trinajstić information content (AvgIpc) is 2.79. The van der Waals surface area contributed by atoms with Crippen molar-refractivity contribution in [3.05, 3.63) is 35.9 Å². The van der Waals surface area contributed by atoms with Crippen molar-refractivity contribution >= 4 is 5.91 Å². The molecule has 1 aromatic carbocycles. The Morgan fingerprint density at radius 1 is 1.37 bits per heavy atom. The molecule has 4 atom stereocenters. The Kier molecular flexibility index (Phi) is 4.59. The van der Waals surface area contributed by atoms with Crippen LogP contribution in [-0.2, 0) is 4.79 Å². The van der Waals surface area contributed by atoms with Gasteiger partial charge in [0.05, 0.1) is 0 Å². The molecule has 104 valence electrons. The predicted octanol–water partition coefficient (Wildman–Crippen LogP) is 2.63. The summed E-state index contributed by atoms with van der Waals surface area (Å²) in [5, 5.41) is 3.13. The molecular weight excluding hydrogens is 236 g/mol. The van der Waals surface area contributed by atoms with Crippen LogP contribution in [-0.4, -0.2) is 11.9 Å². The number of hydrogen-bond acceptors (Lipinski definition) is 2. The molecule has 4 unspecified atom stereocenters. The molecule has 0 aromatic heterocycles. The maximum Gasteiger partial charge on any atom is 0.241 e. The van der Waals surface area contributed by atoms with Crippen LogP contribution < -0.4 is 11.1 Å². The van der Waals surface area contributed by atoms with E-state index in [1.165, 1.54) is 12.8 Å². The van der Waals surface area contributed by atoms with E-state index in [9.17, 15) is 4.79 Å². The molecule has 1 saturated carbocycles. The molecular formula is C16H24N2O. The smallest absolute Gasteiger partial charge is 0.241 e. The predicted molar refractivity (Wildman–Crippen MR) is 77.5 cm³/mol. The average molecular weight is 260 g/mol. The fraction of sp³-hybridized carbons (Fsp3) is 0.562. The Hall–Kier alpha value is -1.35. The van der Waals surface area contributed by atoms with Gasteiger partial charge in [0, 0.05) is 6.04 Å². The van der Waals surface area contributed by atoms with Crippen molar-refractivity contribution in [1.82, 2.24) is 5.32 Å². The summed E-state index contributed by atoms with van der Waals surface area (Å²) < 4.78 is 0. The minimum Gasteiger partial charge on any atom is -0.351 e. The molecule has 0 aliphatic heterocycles. The molecule has 0 heterocycles. The van der Waals surface area contributed by atoms with Crippen molar-refractivity contribution in [2.45, 2.75) is 45.2 Å². The van der Waals surface area contributed by atoms with Crippen LogP contribution in [0.15, 0.2) is 30.3 Å². The number of benzene rings is 1. The molecule has 3 nitrogen and oxygen atoms in total. The summed E-state index contributed by atoms with van der Waals surface area (Å²) in [6.45, 7) is 4.46. The Bertz CT molecular complexity index is 418. The molecule has 1 amide bonds. The van der Waals surface area contributed by atoms with E-state index < -0.39 is 6.04 Å². The lowest BCUT2D eigenvalue weighted by atomic mass is 9.93. The molecule has 0 spiro atoms. The van der Waals surface area contributed by atoms with Crippen LogP contribution in [0.2, 0.25) is 0 Å². The maximum atomic E-state index is 12.2. The summed E-state index contributed by atoms with van der Waals surface area (Å²) in [5.74, 6) is 1.23. The van der Waals surface area contributed by atoms with Crippen molar-refractivity contribution in [2.24, 2.45) is 17.6 Å². The van der Waals surface area contributed by atoms with Crippen molar-refractivity contribution in [3.8, 4) is 0 Å². The molecule has 19 heavy (non-hydrogen) atoms. The van der Waals surface area contributed by atoms with E-state index in [0.29, 0.717) is 5.92 Å². The lowest BCUT2D eigenvalue weighted by molar-refractivity contribution is -0.123. The molecule has 1 aliphatic carbocycles. The van der Waals surface area contributed by atoms with E-state index in [-0.39, 0.29) is 11.9 Å². The van der Waals surface area contributed by atoms with Gasteiger partial charge in [-0.05, 0) is 30.2 Å². The first kappa shape index (κ1) is 14.1. The lowest BCUT2D eigenvalue weighted by Crippen LogP contribution is -2.42. The monoisotopic (exact) mass is 260 g/mol. The van der Waals surface area contributed by atoms with Gasteiger partial charge in [0.2, 0.25) is 5.91 Å². The fourth-order valence-corrected chi connectivity index (χ4v) is 3.11. The number of amides is 1. The van der Waals surface area contributed by atoms with Crippen LogP contribution in [0.25, 0.3) is 0 Å². The second-order valence-electron chi connectivity index (χ2n) is 5.61. The Balaban J connectivity index is 1.95. The first-order chi connectivity index (χ1) is 9.13. The third-order valence-electron chi connectivity index (χ3n) is 4.52. The number of nitrogens with two attached hydrogens (primary N) is 1. The van der Waals surface area contributed by atoms with E-state index in [1.54, 1.807) is 0 Å². The minimum atomic E-state index is -0.561. The van der Waals surface area contributed by atoms with Crippen LogP contribution in [0.4, 0.5) is 0 Å². The molecule has 1 aromatic rings. The summed E-state index contributed by atoms with van der Waals surface area (Å²) in [6, 6.07) is 9.27. The summed E-state index contributed by atoms with van der Waals surface area (Å²) in [7, 11) is 0. The molecule has 0 saturated heterocycles. The summed E-state index contributed by atoms with van der Waals surface area (Å²) in [4.78, 5) is 12.2. The van der Waals surface area contributed by atoms with Crippen LogP contribution in [0, 0.1) is 11.8 Å². The van der Waals surface area contributed by atoms with Gasteiger partial charge in [-0.25, -0.2) is 0 Å². The molecule has 1 aliphatic rings. The van der Waals surface area contributed by atoms with Crippen molar-refractivity contribution in [1.29, 1.82) is 0 Å². The molecule has 1 fully saturated rings. The first-order valence-electron chi connectivity index (χ1n) is 7.24. The van der Waals surface area contributed by atoms with Crippen molar-refractivity contribution in [3.63, 3.8) is 0 Å². The van der Waals surface area contributed by atoms with E-state index in [2.05, 4.69) is 19.2 Å². The SMILES string of the molecule is CCC1CCC(NC(=O)C(N)c2ccccc2)C1C. The zero-order valence-corrected chi connectivity index (χ0v) is 11.8. The zero-order chi connectivity index (χ0) is 13.8. The zero-order valence-electron chi connectivity index (χ0n) is 11.8. The highest BCUT2D eigenvalue weighted by atomic mass is 16.2. The lowest BCUT2D eigenvalue weighted by Gasteiger charge is -2.23. The number of nitrogens with one attached hydrogen (secondary N) is 1. The molecule has 3 N–H and O–H groups in total. The largest absolute Gasteiger partial charge is 0.351 e. The topological polar surface area (TPSA) is 55.1 Å². The Labute approximate surface area is 115 Å². The van der Waals surface area contributed by atoms with Gasteiger partial charge in [0.25, 0.3) is 0 Å². The second kappa shape index (κ2) is 6.20. The number of carbonyl (C=O) groups excluding carboxylic acids is 1. The summed E-state index contributed by atoms with van der Waals surface area (Å²) in [6.07, 6.45) is 3.48. The van der Waals surface area contributed by atoms with Gasteiger partial charge in [0.15, 0.2) is 0 Å². The number of rotatable bonds is 4. The quantitative estimate of drug-likeness (QED) is 0.874. The van der Waals surface area contributed by atoms with Crippen LogP contribution in [0.5, 0.6) is 0 Å². The van der Waals surface area contributed by atoms with Gasteiger partial charge in [-0.1, -0.05) is 50.6 Å². The van der Waals surface area contributed by atoms with Gasteiger partial charge in [-0.3, -0.25) is 4.79 Å². The van der Waals surface area contributed by atoms with Crippen LogP contribution in [0.3, 0.4) is 0 Å². The van der Waals surface area contributed by atoms with E-state index in [1.807, 2.05) is 30.3 Å². The maximum absolute atomic E-state index is 12.2. The highest BCUT2D eigenvalue weighted by Crippen LogP contribution is 2.34. The number of hydrogen-bond donors (Lipinski definition) is 2. The van der Waals surface area contributed by atoms with Gasteiger partial charge in [0.1, 0.15) is 6.04 Å². The first-order valence-corrected chi connectivity index (χ1v) is 7.24. The molecule has 2 rings (SSSR count).